The van der Waals surface area contributed by atoms with E-state index in [9.17, 15) is 9.59 Å². The number of likely N-dealkylation sites (tertiary alicyclic amines) is 2. The molecule has 7 nitrogen and oxygen atoms in total. The van der Waals surface area contributed by atoms with Gasteiger partial charge >= 0.3 is 0 Å². The summed E-state index contributed by atoms with van der Waals surface area (Å²) in [6, 6.07) is 0. The first-order valence-electron chi connectivity index (χ1n) is 8.22. The molecule has 2 aliphatic rings. The molecule has 1 spiro atoms. The summed E-state index contributed by atoms with van der Waals surface area (Å²) in [6.07, 6.45) is 2.41. The molecule has 0 bridgehead atoms. The maximum Gasteiger partial charge on any atom is 0.273 e. The van der Waals surface area contributed by atoms with E-state index in [1.807, 2.05) is 0 Å². The Hall–Kier alpha value is -1.67. The summed E-state index contributed by atoms with van der Waals surface area (Å²) in [5.74, 6) is 0.00830. The van der Waals surface area contributed by atoms with Crippen LogP contribution in [0.15, 0.2) is 0 Å². The normalized spacial score (nSPS) is 24.0. The zero-order valence-electron chi connectivity index (χ0n) is 14.1. The van der Waals surface area contributed by atoms with Crippen LogP contribution in [0.1, 0.15) is 34.6 Å². The number of aliphatic hydroxyl groups is 1. The van der Waals surface area contributed by atoms with Gasteiger partial charge in [0.25, 0.3) is 11.1 Å². The van der Waals surface area contributed by atoms with E-state index in [2.05, 4.69) is 4.98 Å². The Balaban J connectivity index is 1.75. The van der Waals surface area contributed by atoms with Crippen LogP contribution < -0.4 is 4.74 Å². The first kappa shape index (κ1) is 17.2. The number of aryl methyl sites for hydroxylation is 1. The number of β-amino-alcohol motifs (C(OH)–C–C–N with tert-alkyl or cyclic N) is 1. The molecule has 3 rings (SSSR count). The quantitative estimate of drug-likeness (QED) is 0.870. The molecule has 24 heavy (non-hydrogen) atoms. The van der Waals surface area contributed by atoms with Crippen LogP contribution in [-0.2, 0) is 4.79 Å². The molecule has 2 saturated heterocycles. The Labute approximate surface area is 145 Å². The molecule has 0 aliphatic carbocycles. The van der Waals surface area contributed by atoms with Crippen molar-refractivity contribution in [2.45, 2.75) is 26.2 Å². The smallest absolute Gasteiger partial charge is 0.273 e. The van der Waals surface area contributed by atoms with Crippen LogP contribution in [-0.4, -0.2) is 71.6 Å². The Morgan fingerprint density at radius 2 is 2.21 bits per heavy atom. The van der Waals surface area contributed by atoms with Gasteiger partial charge in [0.2, 0.25) is 5.91 Å². The van der Waals surface area contributed by atoms with Crippen molar-refractivity contribution < 1.29 is 19.4 Å². The average molecular weight is 353 g/mol. The minimum absolute atomic E-state index is 0.0235. The van der Waals surface area contributed by atoms with Crippen molar-refractivity contribution in [3.05, 3.63) is 10.6 Å². The third-order valence-electron chi connectivity index (χ3n) is 4.98. The summed E-state index contributed by atoms with van der Waals surface area (Å²) >= 11 is 1.25. The fourth-order valence-corrected chi connectivity index (χ4v) is 4.56. The van der Waals surface area contributed by atoms with Gasteiger partial charge in [0, 0.05) is 26.2 Å². The SMILES string of the molecule is COc1nc(C)c(C(=O)N2CC[C@]3(CCCN(CCO)C3=O)C2)s1. The lowest BCUT2D eigenvalue weighted by Gasteiger charge is -2.39. The van der Waals surface area contributed by atoms with Crippen molar-refractivity contribution in [1.29, 1.82) is 0 Å². The third kappa shape index (κ3) is 2.88. The molecule has 2 amide bonds. The molecule has 0 saturated carbocycles. The topological polar surface area (TPSA) is 83.0 Å². The van der Waals surface area contributed by atoms with Gasteiger partial charge in [-0.3, -0.25) is 9.59 Å². The summed E-state index contributed by atoms with van der Waals surface area (Å²) in [5, 5.41) is 9.62. The minimum atomic E-state index is -0.480. The molecule has 1 atom stereocenters. The van der Waals surface area contributed by atoms with Gasteiger partial charge in [0.05, 0.1) is 24.8 Å². The average Bonchev–Trinajstić information content (AvgIpc) is 3.16. The predicted octanol–water partition coefficient (Wildman–Crippen LogP) is 0.907. The molecule has 1 N–H and O–H groups in total. The molecule has 1 aromatic rings. The third-order valence-corrected chi connectivity index (χ3v) is 6.09. The molecule has 8 heteroatoms. The number of carbonyl (C=O) groups excluding carboxylic acids is 2. The van der Waals surface area contributed by atoms with E-state index in [0.717, 1.165) is 12.8 Å². The fourth-order valence-electron chi connectivity index (χ4n) is 3.71. The molecule has 0 radical (unpaired) electrons. The summed E-state index contributed by atoms with van der Waals surface area (Å²) in [5.41, 5.74) is 0.186. The zero-order valence-corrected chi connectivity index (χ0v) is 14.9. The lowest BCUT2D eigenvalue weighted by atomic mass is 9.78. The molecule has 1 aromatic heterocycles. The van der Waals surface area contributed by atoms with E-state index < -0.39 is 5.41 Å². The molecular weight excluding hydrogens is 330 g/mol. The summed E-state index contributed by atoms with van der Waals surface area (Å²) < 4.78 is 5.11. The van der Waals surface area contributed by atoms with Gasteiger partial charge in [-0.05, 0) is 26.2 Å². The number of carbonyl (C=O) groups is 2. The number of aliphatic hydroxyl groups excluding tert-OH is 1. The fraction of sp³-hybridized carbons (Fsp3) is 0.688. The molecule has 3 heterocycles. The van der Waals surface area contributed by atoms with E-state index in [-0.39, 0.29) is 18.4 Å². The van der Waals surface area contributed by atoms with Crippen molar-refractivity contribution in [2.75, 3.05) is 39.9 Å². The molecule has 2 aliphatic heterocycles. The van der Waals surface area contributed by atoms with Crippen LogP contribution in [0.25, 0.3) is 0 Å². The number of ether oxygens (including phenoxy) is 1. The molecule has 2 fully saturated rings. The first-order chi connectivity index (χ1) is 11.5. The van der Waals surface area contributed by atoms with E-state index in [1.54, 1.807) is 16.7 Å². The molecular formula is C16H23N3O4S. The van der Waals surface area contributed by atoms with E-state index in [0.29, 0.717) is 48.4 Å². The highest BCUT2D eigenvalue weighted by Crippen LogP contribution is 2.41. The van der Waals surface area contributed by atoms with Gasteiger partial charge in [-0.25, -0.2) is 4.98 Å². The largest absolute Gasteiger partial charge is 0.473 e. The van der Waals surface area contributed by atoms with E-state index >= 15 is 0 Å². The van der Waals surface area contributed by atoms with Crippen LogP contribution in [0.5, 0.6) is 5.19 Å². The van der Waals surface area contributed by atoms with Crippen LogP contribution in [0.3, 0.4) is 0 Å². The van der Waals surface area contributed by atoms with Crippen molar-refractivity contribution in [2.24, 2.45) is 5.41 Å². The van der Waals surface area contributed by atoms with Gasteiger partial charge in [0.15, 0.2) is 0 Å². The highest BCUT2D eigenvalue weighted by atomic mass is 32.1. The number of nitrogens with zero attached hydrogens (tertiary/aromatic N) is 3. The lowest BCUT2D eigenvalue weighted by molar-refractivity contribution is -0.146. The standard InChI is InChI=1S/C16H23N3O4S/c1-11-12(24-15(17-11)23-2)13(21)19-7-5-16(10-19)4-3-6-18(8-9-20)14(16)22/h20H,3-10H2,1-2H3/t16-/m1/s1. The Bertz CT molecular complexity index is 645. The lowest BCUT2D eigenvalue weighted by Crippen LogP contribution is -2.51. The number of aromatic nitrogens is 1. The van der Waals surface area contributed by atoms with Crippen molar-refractivity contribution >= 4 is 23.2 Å². The summed E-state index contributed by atoms with van der Waals surface area (Å²) in [7, 11) is 1.54. The van der Waals surface area contributed by atoms with Gasteiger partial charge in [-0.2, -0.15) is 0 Å². The number of hydrogen-bond acceptors (Lipinski definition) is 6. The number of hydrogen-bond donors (Lipinski definition) is 1. The van der Waals surface area contributed by atoms with Crippen molar-refractivity contribution in [1.82, 2.24) is 14.8 Å². The van der Waals surface area contributed by atoms with Crippen LogP contribution in [0, 0.1) is 12.3 Å². The Kier molecular flexibility index (Phi) is 4.78. The summed E-state index contributed by atoms with van der Waals surface area (Å²) in [4.78, 5) is 33.9. The predicted molar refractivity (Wildman–Crippen MR) is 89.3 cm³/mol. The second-order valence-corrected chi connectivity index (χ2v) is 7.44. The second kappa shape index (κ2) is 6.68. The minimum Gasteiger partial charge on any atom is -0.473 e. The van der Waals surface area contributed by atoms with Gasteiger partial charge < -0.3 is 19.6 Å². The van der Waals surface area contributed by atoms with Crippen molar-refractivity contribution in [3.63, 3.8) is 0 Å². The number of methoxy groups -OCH3 is 1. The van der Waals surface area contributed by atoms with Crippen LogP contribution in [0.2, 0.25) is 0 Å². The number of amides is 2. The molecule has 0 aromatic carbocycles. The zero-order chi connectivity index (χ0) is 17.3. The first-order valence-corrected chi connectivity index (χ1v) is 9.03. The number of thiazole rings is 1. The Morgan fingerprint density at radius 3 is 2.88 bits per heavy atom. The van der Waals surface area contributed by atoms with Gasteiger partial charge in [0.1, 0.15) is 4.88 Å². The van der Waals surface area contributed by atoms with E-state index in [1.165, 1.54) is 18.4 Å². The van der Waals surface area contributed by atoms with Crippen LogP contribution in [0.4, 0.5) is 0 Å². The second-order valence-electron chi connectivity index (χ2n) is 6.47. The number of rotatable bonds is 4. The maximum absolute atomic E-state index is 12.8. The highest BCUT2D eigenvalue weighted by molar-refractivity contribution is 7.15. The monoisotopic (exact) mass is 353 g/mol. The maximum atomic E-state index is 12.8. The van der Waals surface area contributed by atoms with Crippen molar-refractivity contribution in [3.8, 4) is 5.19 Å². The van der Waals surface area contributed by atoms with Crippen LogP contribution >= 0.6 is 11.3 Å². The molecule has 0 unspecified atom stereocenters. The Morgan fingerprint density at radius 1 is 1.42 bits per heavy atom. The van der Waals surface area contributed by atoms with Gasteiger partial charge in [-0.1, -0.05) is 11.3 Å². The highest BCUT2D eigenvalue weighted by Gasteiger charge is 2.49. The van der Waals surface area contributed by atoms with Gasteiger partial charge in [-0.15, -0.1) is 0 Å². The number of piperidine rings is 1. The summed E-state index contributed by atoms with van der Waals surface area (Å²) in [6.45, 7) is 3.88. The van der Waals surface area contributed by atoms with E-state index in [4.69, 9.17) is 9.84 Å². The molecule has 132 valence electrons.